The predicted octanol–water partition coefficient (Wildman–Crippen LogP) is 4.35. The van der Waals surface area contributed by atoms with E-state index < -0.39 is 0 Å². The van der Waals surface area contributed by atoms with Gasteiger partial charge in [0.25, 0.3) is 11.8 Å². The molecule has 1 aliphatic rings. The summed E-state index contributed by atoms with van der Waals surface area (Å²) in [5.41, 5.74) is 3.52. The predicted molar refractivity (Wildman–Crippen MR) is 121 cm³/mol. The van der Waals surface area contributed by atoms with Crippen LogP contribution in [0.4, 0.5) is 0 Å². The Morgan fingerprint density at radius 2 is 1.13 bits per heavy atom. The molecule has 3 aromatic rings. The van der Waals surface area contributed by atoms with Crippen LogP contribution in [0.5, 0.6) is 5.75 Å². The Bertz CT molecular complexity index is 1020. The first-order valence-electron chi connectivity index (χ1n) is 10.6. The lowest BCUT2D eigenvalue weighted by Crippen LogP contribution is -2.50. The van der Waals surface area contributed by atoms with Crippen LogP contribution in [0.3, 0.4) is 0 Å². The summed E-state index contributed by atoms with van der Waals surface area (Å²) < 4.78 is 5.43. The standard InChI is InChI=1S/C26H26N2O3/c1-2-31-24-14-12-23(13-15-24)26(30)28-18-16-27(17-19-28)25(29)22-10-8-21(9-11-22)20-6-4-3-5-7-20/h3-15H,2,16-19H2,1H3. The van der Waals surface area contributed by atoms with E-state index in [9.17, 15) is 9.59 Å². The molecule has 1 aliphatic heterocycles. The summed E-state index contributed by atoms with van der Waals surface area (Å²) in [6.45, 7) is 4.64. The molecule has 0 unspecified atom stereocenters. The number of hydrogen-bond donors (Lipinski definition) is 0. The molecule has 0 bridgehead atoms. The van der Waals surface area contributed by atoms with Gasteiger partial charge in [0.1, 0.15) is 5.75 Å². The van der Waals surface area contributed by atoms with Crippen molar-refractivity contribution < 1.29 is 14.3 Å². The zero-order valence-electron chi connectivity index (χ0n) is 17.7. The highest BCUT2D eigenvalue weighted by atomic mass is 16.5. The minimum Gasteiger partial charge on any atom is -0.494 e. The van der Waals surface area contributed by atoms with E-state index in [2.05, 4.69) is 12.1 Å². The largest absolute Gasteiger partial charge is 0.494 e. The molecule has 31 heavy (non-hydrogen) atoms. The summed E-state index contributed by atoms with van der Waals surface area (Å²) in [5, 5.41) is 0. The van der Waals surface area contributed by atoms with Crippen LogP contribution in [0.1, 0.15) is 27.6 Å². The van der Waals surface area contributed by atoms with Crippen molar-refractivity contribution in [3.05, 3.63) is 90.0 Å². The number of nitrogens with zero attached hydrogens (tertiary/aromatic N) is 2. The van der Waals surface area contributed by atoms with Gasteiger partial charge >= 0.3 is 0 Å². The monoisotopic (exact) mass is 414 g/mol. The molecule has 5 nitrogen and oxygen atoms in total. The molecule has 0 atom stereocenters. The molecule has 3 aromatic carbocycles. The van der Waals surface area contributed by atoms with Crippen molar-refractivity contribution in [3.8, 4) is 16.9 Å². The molecule has 0 aliphatic carbocycles. The van der Waals surface area contributed by atoms with Crippen LogP contribution in [0.15, 0.2) is 78.9 Å². The van der Waals surface area contributed by atoms with Gasteiger partial charge in [-0.15, -0.1) is 0 Å². The molecule has 0 radical (unpaired) electrons. The summed E-state index contributed by atoms with van der Waals surface area (Å²) in [5.74, 6) is 0.753. The molecule has 0 saturated carbocycles. The second-order valence-electron chi connectivity index (χ2n) is 7.49. The molecule has 2 amide bonds. The van der Waals surface area contributed by atoms with Crippen LogP contribution in [0, 0.1) is 0 Å². The number of ether oxygens (including phenoxy) is 1. The maximum Gasteiger partial charge on any atom is 0.253 e. The molecule has 158 valence electrons. The third-order valence-corrected chi connectivity index (χ3v) is 5.51. The normalized spacial score (nSPS) is 13.7. The summed E-state index contributed by atoms with van der Waals surface area (Å²) in [6, 6.07) is 25.0. The van der Waals surface area contributed by atoms with Crippen molar-refractivity contribution in [2.75, 3.05) is 32.8 Å². The smallest absolute Gasteiger partial charge is 0.253 e. The molecule has 1 heterocycles. The van der Waals surface area contributed by atoms with E-state index >= 15 is 0 Å². The van der Waals surface area contributed by atoms with Crippen molar-refractivity contribution in [1.29, 1.82) is 0 Å². The van der Waals surface area contributed by atoms with E-state index in [0.717, 1.165) is 16.9 Å². The van der Waals surface area contributed by atoms with Crippen LogP contribution >= 0.6 is 0 Å². The highest BCUT2D eigenvalue weighted by Crippen LogP contribution is 2.20. The molecule has 1 fully saturated rings. The lowest BCUT2D eigenvalue weighted by molar-refractivity contribution is 0.0535. The highest BCUT2D eigenvalue weighted by molar-refractivity contribution is 5.96. The molecular formula is C26H26N2O3. The number of benzene rings is 3. The Labute approximate surface area is 182 Å². The first kappa shape index (κ1) is 20.7. The third-order valence-electron chi connectivity index (χ3n) is 5.51. The van der Waals surface area contributed by atoms with Gasteiger partial charge in [-0.05, 0) is 54.4 Å². The average molecular weight is 415 g/mol. The number of hydrogen-bond acceptors (Lipinski definition) is 3. The number of amides is 2. The summed E-state index contributed by atoms with van der Waals surface area (Å²) in [4.78, 5) is 29.3. The molecular weight excluding hydrogens is 388 g/mol. The zero-order chi connectivity index (χ0) is 21.6. The van der Waals surface area contributed by atoms with Gasteiger partial charge in [0.2, 0.25) is 0 Å². The average Bonchev–Trinajstić information content (AvgIpc) is 2.85. The maximum atomic E-state index is 12.9. The zero-order valence-corrected chi connectivity index (χ0v) is 17.7. The van der Waals surface area contributed by atoms with Crippen molar-refractivity contribution in [3.63, 3.8) is 0 Å². The van der Waals surface area contributed by atoms with Crippen molar-refractivity contribution in [1.82, 2.24) is 9.80 Å². The number of rotatable bonds is 5. The number of carbonyl (C=O) groups is 2. The lowest BCUT2D eigenvalue weighted by atomic mass is 10.0. The Kier molecular flexibility index (Phi) is 6.32. The Hall–Kier alpha value is -3.60. The van der Waals surface area contributed by atoms with Crippen LogP contribution in [0.2, 0.25) is 0 Å². The first-order valence-corrected chi connectivity index (χ1v) is 10.6. The molecule has 0 aromatic heterocycles. The van der Waals surface area contributed by atoms with E-state index in [-0.39, 0.29) is 11.8 Å². The fraction of sp³-hybridized carbons (Fsp3) is 0.231. The van der Waals surface area contributed by atoms with Crippen LogP contribution in [0.25, 0.3) is 11.1 Å². The van der Waals surface area contributed by atoms with Crippen molar-refractivity contribution >= 4 is 11.8 Å². The second-order valence-corrected chi connectivity index (χ2v) is 7.49. The van der Waals surface area contributed by atoms with Gasteiger partial charge in [-0.1, -0.05) is 42.5 Å². The Morgan fingerprint density at radius 1 is 0.677 bits per heavy atom. The van der Waals surface area contributed by atoms with Crippen LogP contribution in [-0.2, 0) is 0 Å². The van der Waals surface area contributed by atoms with Gasteiger partial charge in [0.15, 0.2) is 0 Å². The van der Waals surface area contributed by atoms with Crippen molar-refractivity contribution in [2.24, 2.45) is 0 Å². The van der Waals surface area contributed by atoms with Gasteiger partial charge < -0.3 is 14.5 Å². The SMILES string of the molecule is CCOc1ccc(C(=O)N2CCN(C(=O)c3ccc(-c4ccccc4)cc3)CC2)cc1. The summed E-state index contributed by atoms with van der Waals surface area (Å²) >= 11 is 0. The lowest BCUT2D eigenvalue weighted by Gasteiger charge is -2.35. The minimum atomic E-state index is -0.0117. The molecule has 4 rings (SSSR count). The second kappa shape index (κ2) is 9.47. The van der Waals surface area contributed by atoms with E-state index in [1.54, 1.807) is 17.0 Å². The van der Waals surface area contributed by atoms with Crippen LogP contribution in [-0.4, -0.2) is 54.4 Å². The Balaban J connectivity index is 1.35. The van der Waals surface area contributed by atoms with Gasteiger partial charge in [0, 0.05) is 37.3 Å². The number of carbonyl (C=O) groups excluding carboxylic acids is 2. The maximum absolute atomic E-state index is 12.9. The van der Waals surface area contributed by atoms with Crippen molar-refractivity contribution in [2.45, 2.75) is 6.92 Å². The fourth-order valence-corrected chi connectivity index (χ4v) is 3.77. The van der Waals surface area contributed by atoms with Gasteiger partial charge in [-0.2, -0.15) is 0 Å². The van der Waals surface area contributed by atoms with E-state index in [4.69, 9.17) is 4.74 Å². The van der Waals surface area contributed by atoms with Gasteiger partial charge in [-0.3, -0.25) is 9.59 Å². The minimum absolute atomic E-state index is 0.00720. The van der Waals surface area contributed by atoms with Gasteiger partial charge in [0.05, 0.1) is 6.61 Å². The first-order chi connectivity index (χ1) is 15.2. The summed E-state index contributed by atoms with van der Waals surface area (Å²) in [7, 11) is 0. The quantitative estimate of drug-likeness (QED) is 0.624. The van der Waals surface area contributed by atoms with E-state index in [0.29, 0.717) is 43.9 Å². The molecule has 0 N–H and O–H groups in total. The van der Waals surface area contributed by atoms with E-state index in [1.165, 1.54) is 0 Å². The molecule has 0 spiro atoms. The molecule has 5 heteroatoms. The fourth-order valence-electron chi connectivity index (χ4n) is 3.77. The van der Waals surface area contributed by atoms with Gasteiger partial charge in [-0.25, -0.2) is 0 Å². The topological polar surface area (TPSA) is 49.9 Å². The third kappa shape index (κ3) is 4.77. The van der Waals surface area contributed by atoms with Crippen LogP contribution < -0.4 is 4.74 Å². The molecule has 1 saturated heterocycles. The Morgan fingerprint density at radius 3 is 1.61 bits per heavy atom. The highest BCUT2D eigenvalue weighted by Gasteiger charge is 2.25. The van der Waals surface area contributed by atoms with E-state index in [1.807, 2.05) is 66.4 Å². The summed E-state index contributed by atoms with van der Waals surface area (Å²) in [6.07, 6.45) is 0. The number of piperazine rings is 1.